The number of carbonyl (C=O) groups is 1. The Kier molecular flexibility index (Phi) is 2.81. The molecule has 2 aliphatic rings. The number of likely N-dealkylation sites (N-methyl/N-ethyl adjacent to an activating group) is 1. The van der Waals surface area contributed by atoms with Crippen molar-refractivity contribution in [3.63, 3.8) is 0 Å². The van der Waals surface area contributed by atoms with Gasteiger partial charge in [-0.2, -0.15) is 0 Å². The zero-order valence-electron chi connectivity index (χ0n) is 11.4. The van der Waals surface area contributed by atoms with Crippen LogP contribution >= 0.6 is 0 Å². The maximum absolute atomic E-state index is 11.3. The second-order valence-electron chi connectivity index (χ2n) is 5.69. The number of rotatable bonds is 1. The normalized spacial score (nSPS) is 24.6. The highest BCUT2D eigenvalue weighted by atomic mass is 16.1. The number of amides is 1. The van der Waals surface area contributed by atoms with Gasteiger partial charge >= 0.3 is 0 Å². The zero-order valence-corrected chi connectivity index (χ0v) is 11.4. The Morgan fingerprint density at radius 3 is 3.00 bits per heavy atom. The molecular formula is C15H19N3O. The van der Waals surface area contributed by atoms with E-state index in [-0.39, 0.29) is 11.4 Å². The van der Waals surface area contributed by atoms with Gasteiger partial charge in [0.1, 0.15) is 0 Å². The first-order chi connectivity index (χ1) is 9.08. The minimum absolute atomic E-state index is 0.00712. The largest absolute Gasteiger partial charge is 0.364 e. The summed E-state index contributed by atoms with van der Waals surface area (Å²) < 4.78 is 0. The molecule has 0 saturated heterocycles. The van der Waals surface area contributed by atoms with E-state index in [9.17, 15) is 4.79 Å². The van der Waals surface area contributed by atoms with Crippen LogP contribution in [0.2, 0.25) is 0 Å². The molecule has 0 saturated carbocycles. The Morgan fingerprint density at radius 1 is 1.47 bits per heavy atom. The van der Waals surface area contributed by atoms with Crippen molar-refractivity contribution in [1.82, 2.24) is 4.90 Å². The Hall–Kier alpha value is -1.84. The summed E-state index contributed by atoms with van der Waals surface area (Å²) in [6.45, 7) is 2.55. The lowest BCUT2D eigenvalue weighted by atomic mass is 9.78. The second kappa shape index (κ2) is 4.37. The van der Waals surface area contributed by atoms with Crippen molar-refractivity contribution in [3.8, 4) is 0 Å². The summed E-state index contributed by atoms with van der Waals surface area (Å²) in [5.74, 6) is -0.00712. The van der Waals surface area contributed by atoms with Gasteiger partial charge in [-0.25, -0.2) is 0 Å². The van der Waals surface area contributed by atoms with Crippen LogP contribution in [-0.2, 0) is 17.6 Å². The van der Waals surface area contributed by atoms with Crippen molar-refractivity contribution in [2.75, 3.05) is 18.9 Å². The smallest absolute Gasteiger partial charge is 0.221 e. The predicted molar refractivity (Wildman–Crippen MR) is 76.6 cm³/mol. The summed E-state index contributed by atoms with van der Waals surface area (Å²) in [5, 5.41) is 2.93. The fraction of sp³-hybridized carbons (Fsp3) is 0.467. The number of carbonyl (C=O) groups excluding carboxylic acids is 1. The fourth-order valence-corrected chi connectivity index (χ4v) is 3.21. The quantitative estimate of drug-likeness (QED) is 0.834. The molecule has 1 amide bonds. The number of anilines is 1. The molecule has 4 nitrogen and oxygen atoms in total. The number of nitrogens with one attached hydrogen (secondary N) is 1. The van der Waals surface area contributed by atoms with Crippen molar-refractivity contribution in [1.29, 1.82) is 0 Å². The highest BCUT2D eigenvalue weighted by molar-refractivity contribution is 5.89. The first-order valence-corrected chi connectivity index (χ1v) is 6.72. The first kappa shape index (κ1) is 12.2. The third-order valence-electron chi connectivity index (χ3n) is 4.02. The molecule has 1 aromatic rings. The molecule has 0 bridgehead atoms. The molecule has 4 heteroatoms. The van der Waals surface area contributed by atoms with Gasteiger partial charge in [-0.3, -0.25) is 9.79 Å². The number of nitrogens with zero attached hydrogens (tertiary/aromatic N) is 2. The van der Waals surface area contributed by atoms with Gasteiger partial charge in [0, 0.05) is 26.2 Å². The SMILES string of the molecule is CC(=O)Nc1cccc2c1CCC1(C2)CN(C)C=N1. The van der Waals surface area contributed by atoms with Crippen LogP contribution in [0.4, 0.5) is 5.69 Å². The van der Waals surface area contributed by atoms with Crippen LogP contribution in [0.5, 0.6) is 0 Å². The van der Waals surface area contributed by atoms with E-state index in [4.69, 9.17) is 4.99 Å². The number of aliphatic imine (C=N–C) groups is 1. The second-order valence-corrected chi connectivity index (χ2v) is 5.69. The van der Waals surface area contributed by atoms with E-state index in [1.54, 1.807) is 6.92 Å². The summed E-state index contributed by atoms with van der Waals surface area (Å²) in [6.07, 6.45) is 4.95. The molecule has 1 aliphatic carbocycles. The van der Waals surface area contributed by atoms with Crippen LogP contribution in [0.3, 0.4) is 0 Å². The van der Waals surface area contributed by atoms with Crippen LogP contribution < -0.4 is 5.32 Å². The molecule has 1 atom stereocenters. The summed E-state index contributed by atoms with van der Waals surface area (Å²) in [7, 11) is 2.07. The van der Waals surface area contributed by atoms with Gasteiger partial charge in [-0.15, -0.1) is 0 Å². The van der Waals surface area contributed by atoms with Crippen molar-refractivity contribution in [2.24, 2.45) is 4.99 Å². The van der Waals surface area contributed by atoms with Crippen LogP contribution in [-0.4, -0.2) is 36.3 Å². The van der Waals surface area contributed by atoms with Gasteiger partial charge < -0.3 is 10.2 Å². The third-order valence-corrected chi connectivity index (χ3v) is 4.02. The number of hydrogen-bond acceptors (Lipinski definition) is 3. The van der Waals surface area contributed by atoms with E-state index in [0.717, 1.165) is 31.5 Å². The Balaban J connectivity index is 1.90. The van der Waals surface area contributed by atoms with Gasteiger partial charge in [-0.05, 0) is 36.5 Å². The average Bonchev–Trinajstić information content (AvgIpc) is 2.69. The van der Waals surface area contributed by atoms with Gasteiger partial charge in [0.2, 0.25) is 5.91 Å². The molecule has 0 fully saturated rings. The molecule has 1 aliphatic heterocycles. The lowest BCUT2D eigenvalue weighted by molar-refractivity contribution is -0.114. The number of hydrogen-bond donors (Lipinski definition) is 1. The molecular weight excluding hydrogens is 238 g/mol. The molecule has 19 heavy (non-hydrogen) atoms. The first-order valence-electron chi connectivity index (χ1n) is 6.72. The van der Waals surface area contributed by atoms with E-state index in [0.29, 0.717) is 0 Å². The minimum Gasteiger partial charge on any atom is -0.364 e. The molecule has 1 heterocycles. The lowest BCUT2D eigenvalue weighted by Gasteiger charge is -2.33. The van der Waals surface area contributed by atoms with E-state index in [1.807, 2.05) is 18.5 Å². The molecule has 0 radical (unpaired) electrons. The molecule has 1 aromatic carbocycles. The van der Waals surface area contributed by atoms with Crippen LogP contribution in [0.25, 0.3) is 0 Å². The Labute approximate surface area is 113 Å². The Morgan fingerprint density at radius 2 is 2.32 bits per heavy atom. The van der Waals surface area contributed by atoms with Crippen LogP contribution in [0.1, 0.15) is 24.5 Å². The summed E-state index contributed by atoms with van der Waals surface area (Å²) >= 11 is 0. The maximum Gasteiger partial charge on any atom is 0.221 e. The van der Waals surface area contributed by atoms with Crippen LogP contribution in [0.15, 0.2) is 23.2 Å². The Bertz CT molecular complexity index is 552. The monoisotopic (exact) mass is 257 g/mol. The highest BCUT2D eigenvalue weighted by Crippen LogP contribution is 2.37. The highest BCUT2D eigenvalue weighted by Gasteiger charge is 2.38. The summed E-state index contributed by atoms with van der Waals surface area (Å²) in [6, 6.07) is 6.17. The van der Waals surface area contributed by atoms with Gasteiger partial charge in [0.15, 0.2) is 0 Å². The standard InChI is InChI=1S/C15H19N3O/c1-11(19)17-14-5-3-4-12-8-15(7-6-13(12)14)9-18(2)10-16-15/h3-5,10H,6-9H2,1-2H3,(H,17,19). The number of benzene rings is 1. The molecule has 1 unspecified atom stereocenters. The predicted octanol–water partition coefficient (Wildman–Crippen LogP) is 1.85. The third kappa shape index (κ3) is 2.23. The van der Waals surface area contributed by atoms with E-state index < -0.39 is 0 Å². The van der Waals surface area contributed by atoms with Gasteiger partial charge in [0.25, 0.3) is 0 Å². The van der Waals surface area contributed by atoms with Gasteiger partial charge in [-0.1, -0.05) is 12.1 Å². The molecule has 1 N–H and O–H groups in total. The topological polar surface area (TPSA) is 44.7 Å². The molecule has 100 valence electrons. The number of fused-ring (bicyclic) bond motifs is 1. The summed E-state index contributed by atoms with van der Waals surface area (Å²) in [4.78, 5) is 18.1. The lowest BCUT2D eigenvalue weighted by Crippen LogP contribution is -2.38. The molecule has 0 aromatic heterocycles. The maximum atomic E-state index is 11.3. The van der Waals surface area contributed by atoms with E-state index >= 15 is 0 Å². The van der Waals surface area contributed by atoms with Crippen molar-refractivity contribution in [2.45, 2.75) is 31.7 Å². The van der Waals surface area contributed by atoms with Crippen molar-refractivity contribution in [3.05, 3.63) is 29.3 Å². The van der Waals surface area contributed by atoms with Crippen LogP contribution in [0, 0.1) is 0 Å². The van der Waals surface area contributed by atoms with E-state index in [1.165, 1.54) is 11.1 Å². The molecule has 3 rings (SSSR count). The zero-order chi connectivity index (χ0) is 13.5. The molecule has 1 spiro atoms. The van der Waals surface area contributed by atoms with Gasteiger partial charge in [0.05, 0.1) is 11.9 Å². The van der Waals surface area contributed by atoms with Crippen molar-refractivity contribution < 1.29 is 4.79 Å². The minimum atomic E-state index is -0.00712. The fourth-order valence-electron chi connectivity index (χ4n) is 3.21. The average molecular weight is 257 g/mol. The summed E-state index contributed by atoms with van der Waals surface area (Å²) in [5.41, 5.74) is 3.63. The van der Waals surface area contributed by atoms with Crippen molar-refractivity contribution >= 4 is 17.9 Å². The van der Waals surface area contributed by atoms with E-state index in [2.05, 4.69) is 23.3 Å².